The summed E-state index contributed by atoms with van der Waals surface area (Å²) >= 11 is 12.7. The van der Waals surface area contributed by atoms with Crippen molar-refractivity contribution in [2.24, 2.45) is 5.92 Å². The first-order valence-corrected chi connectivity index (χ1v) is 10.2. The van der Waals surface area contributed by atoms with E-state index in [9.17, 15) is 9.59 Å². The molecular formula is C20H24Cl2N4O3. The minimum Gasteiger partial charge on any atom is -0.467 e. The molecule has 0 bridgehead atoms. The van der Waals surface area contributed by atoms with Crippen molar-refractivity contribution in [1.29, 1.82) is 0 Å². The monoisotopic (exact) mass is 438 g/mol. The predicted octanol–water partition coefficient (Wildman–Crippen LogP) is 3.96. The Morgan fingerprint density at radius 3 is 2.83 bits per heavy atom. The van der Waals surface area contributed by atoms with Crippen molar-refractivity contribution < 1.29 is 14.3 Å². The average molecular weight is 439 g/mol. The maximum Gasteiger partial charge on any atom is 0.328 e. The first-order valence-electron chi connectivity index (χ1n) is 9.44. The summed E-state index contributed by atoms with van der Waals surface area (Å²) in [6.45, 7) is 4.39. The van der Waals surface area contributed by atoms with Crippen molar-refractivity contribution in [3.63, 3.8) is 0 Å². The lowest BCUT2D eigenvalue weighted by Gasteiger charge is -2.36. The maximum absolute atomic E-state index is 13.2. The van der Waals surface area contributed by atoms with E-state index in [1.165, 1.54) is 7.11 Å². The first kappa shape index (κ1) is 21.5. The summed E-state index contributed by atoms with van der Waals surface area (Å²) in [6, 6.07) is 3.68. The fourth-order valence-corrected chi connectivity index (χ4v) is 4.01. The molecule has 9 heteroatoms. The Labute approximate surface area is 179 Å². The van der Waals surface area contributed by atoms with Gasteiger partial charge in [-0.05, 0) is 18.4 Å². The largest absolute Gasteiger partial charge is 0.467 e. The topological polar surface area (TPSA) is 87.3 Å². The molecule has 7 nitrogen and oxygen atoms in total. The van der Waals surface area contributed by atoms with E-state index in [1.54, 1.807) is 23.4 Å². The second-order valence-corrected chi connectivity index (χ2v) is 8.20. The highest BCUT2D eigenvalue weighted by Gasteiger charge is 2.37. The van der Waals surface area contributed by atoms with Gasteiger partial charge in [0, 0.05) is 24.2 Å². The standard InChI is InChI=1S/C20H24Cl2N4O3/c1-11(2)9-15(19(27)29-3)25-20(28)26-8-7-14-17(24-10-23-14)18(26)12-5-4-6-13(21)16(12)22/h4-6,10-11,15,18H,7-9H2,1-3H3,(H,23,24)(H,25,28)/t15-,18+/m1/s1. The van der Waals surface area contributed by atoms with E-state index in [0.29, 0.717) is 40.7 Å². The first-order chi connectivity index (χ1) is 13.8. The summed E-state index contributed by atoms with van der Waals surface area (Å²) in [5.74, 6) is -0.265. The number of urea groups is 1. The molecule has 2 heterocycles. The molecule has 1 aliphatic rings. The zero-order valence-electron chi connectivity index (χ0n) is 16.5. The fourth-order valence-electron chi connectivity index (χ4n) is 3.60. The average Bonchev–Trinajstić information content (AvgIpc) is 3.16. The van der Waals surface area contributed by atoms with Crippen LogP contribution in [0.2, 0.25) is 10.0 Å². The van der Waals surface area contributed by atoms with Gasteiger partial charge in [-0.3, -0.25) is 0 Å². The molecule has 29 heavy (non-hydrogen) atoms. The number of amides is 2. The van der Waals surface area contributed by atoms with Gasteiger partial charge in [0.1, 0.15) is 12.1 Å². The van der Waals surface area contributed by atoms with Crippen LogP contribution in [-0.2, 0) is 16.0 Å². The number of carbonyl (C=O) groups is 2. The number of methoxy groups -OCH3 is 1. The molecule has 156 valence electrons. The Balaban J connectivity index is 1.95. The lowest BCUT2D eigenvalue weighted by atomic mass is 9.95. The second-order valence-electron chi connectivity index (χ2n) is 7.41. The number of benzene rings is 1. The van der Waals surface area contributed by atoms with Crippen LogP contribution in [0, 0.1) is 5.92 Å². The van der Waals surface area contributed by atoms with Crippen LogP contribution in [0.5, 0.6) is 0 Å². The van der Waals surface area contributed by atoms with Gasteiger partial charge in [0.05, 0.1) is 29.2 Å². The van der Waals surface area contributed by atoms with Gasteiger partial charge in [-0.15, -0.1) is 0 Å². The molecule has 0 fully saturated rings. The number of H-pyrrole nitrogens is 1. The summed E-state index contributed by atoms with van der Waals surface area (Å²) in [4.78, 5) is 34.6. The van der Waals surface area contributed by atoms with E-state index >= 15 is 0 Å². The number of aromatic amines is 1. The van der Waals surface area contributed by atoms with Gasteiger partial charge in [0.25, 0.3) is 0 Å². The maximum atomic E-state index is 13.2. The van der Waals surface area contributed by atoms with Gasteiger partial charge < -0.3 is 19.9 Å². The normalized spacial score (nSPS) is 17.0. The fraction of sp³-hybridized carbons (Fsp3) is 0.450. The number of carbonyl (C=O) groups excluding carboxylic acids is 2. The molecule has 2 N–H and O–H groups in total. The van der Waals surface area contributed by atoms with E-state index in [0.717, 1.165) is 5.69 Å². The van der Waals surface area contributed by atoms with Crippen molar-refractivity contribution in [3.8, 4) is 0 Å². The van der Waals surface area contributed by atoms with Crippen LogP contribution < -0.4 is 5.32 Å². The number of esters is 1. The molecule has 2 atom stereocenters. The highest BCUT2D eigenvalue weighted by Crippen LogP contribution is 2.39. The van der Waals surface area contributed by atoms with Crippen molar-refractivity contribution in [2.75, 3.05) is 13.7 Å². The molecule has 1 aromatic carbocycles. The van der Waals surface area contributed by atoms with Crippen LogP contribution >= 0.6 is 23.2 Å². The molecule has 1 aliphatic heterocycles. The lowest BCUT2D eigenvalue weighted by Crippen LogP contribution is -2.51. The van der Waals surface area contributed by atoms with Crippen LogP contribution in [0.3, 0.4) is 0 Å². The third-order valence-electron chi connectivity index (χ3n) is 4.95. The van der Waals surface area contributed by atoms with Crippen LogP contribution in [0.25, 0.3) is 0 Å². The summed E-state index contributed by atoms with van der Waals surface area (Å²) in [6.07, 6.45) is 2.69. The molecule has 0 spiro atoms. The highest BCUT2D eigenvalue weighted by atomic mass is 35.5. The van der Waals surface area contributed by atoms with Crippen molar-refractivity contribution >= 4 is 35.2 Å². The Morgan fingerprint density at radius 2 is 2.14 bits per heavy atom. The highest BCUT2D eigenvalue weighted by molar-refractivity contribution is 6.42. The van der Waals surface area contributed by atoms with Gasteiger partial charge in [-0.2, -0.15) is 0 Å². The van der Waals surface area contributed by atoms with Gasteiger partial charge >= 0.3 is 12.0 Å². The van der Waals surface area contributed by atoms with Gasteiger partial charge in [-0.1, -0.05) is 49.2 Å². The number of imidazole rings is 1. The minimum absolute atomic E-state index is 0.205. The Hall–Kier alpha value is -2.25. The second kappa shape index (κ2) is 9.05. The molecule has 0 aliphatic carbocycles. The summed E-state index contributed by atoms with van der Waals surface area (Å²) in [5, 5.41) is 3.60. The number of rotatable bonds is 5. The number of nitrogens with zero attached hydrogens (tertiary/aromatic N) is 2. The SMILES string of the molecule is COC(=O)[C@@H](CC(C)C)NC(=O)N1CCc2[nH]cnc2[C@@H]1c1cccc(Cl)c1Cl. The number of halogens is 2. The Morgan fingerprint density at radius 1 is 1.38 bits per heavy atom. The Kier molecular flexibility index (Phi) is 6.70. The number of fused-ring (bicyclic) bond motifs is 1. The van der Waals surface area contributed by atoms with Gasteiger partial charge in [-0.25, -0.2) is 14.6 Å². The zero-order valence-corrected chi connectivity index (χ0v) is 18.0. The van der Waals surface area contributed by atoms with E-state index < -0.39 is 18.1 Å². The van der Waals surface area contributed by atoms with Crippen LogP contribution in [0.15, 0.2) is 24.5 Å². The smallest absolute Gasteiger partial charge is 0.328 e. The summed E-state index contributed by atoms with van der Waals surface area (Å²) in [7, 11) is 1.31. The van der Waals surface area contributed by atoms with E-state index in [2.05, 4.69) is 15.3 Å². The van der Waals surface area contributed by atoms with Gasteiger partial charge in [0.15, 0.2) is 0 Å². The molecule has 3 rings (SSSR count). The summed E-state index contributed by atoms with van der Waals surface area (Å²) in [5.41, 5.74) is 2.34. The zero-order chi connectivity index (χ0) is 21.1. The van der Waals surface area contributed by atoms with Crippen molar-refractivity contribution in [2.45, 2.75) is 38.8 Å². The van der Waals surface area contributed by atoms with Crippen LogP contribution in [0.4, 0.5) is 4.79 Å². The minimum atomic E-state index is -0.733. The number of ether oxygens (including phenoxy) is 1. The van der Waals surface area contributed by atoms with E-state index in [1.807, 2.05) is 19.9 Å². The molecule has 2 amide bonds. The molecule has 1 aromatic heterocycles. The number of nitrogens with one attached hydrogen (secondary N) is 2. The van der Waals surface area contributed by atoms with Crippen molar-refractivity contribution in [1.82, 2.24) is 20.2 Å². The molecule has 2 aromatic rings. The van der Waals surface area contributed by atoms with Crippen LogP contribution in [-0.4, -0.2) is 46.6 Å². The molecule has 0 saturated carbocycles. The quantitative estimate of drug-likeness (QED) is 0.691. The van der Waals surface area contributed by atoms with Crippen LogP contribution in [0.1, 0.15) is 43.3 Å². The van der Waals surface area contributed by atoms with E-state index in [-0.39, 0.29) is 11.9 Å². The summed E-state index contributed by atoms with van der Waals surface area (Å²) < 4.78 is 4.86. The number of aromatic nitrogens is 2. The Bertz CT molecular complexity index is 900. The van der Waals surface area contributed by atoms with E-state index in [4.69, 9.17) is 27.9 Å². The third-order valence-corrected chi connectivity index (χ3v) is 5.79. The molecule has 0 saturated heterocycles. The predicted molar refractivity (Wildman–Crippen MR) is 111 cm³/mol. The molecule has 0 radical (unpaired) electrons. The molecule has 0 unspecified atom stereocenters. The number of hydrogen-bond donors (Lipinski definition) is 2. The lowest BCUT2D eigenvalue weighted by molar-refractivity contribution is -0.143. The number of hydrogen-bond acceptors (Lipinski definition) is 4. The molecular weight excluding hydrogens is 415 g/mol. The third kappa shape index (κ3) is 4.51. The van der Waals surface area contributed by atoms with Crippen molar-refractivity contribution in [3.05, 3.63) is 51.5 Å². The van der Waals surface area contributed by atoms with Gasteiger partial charge in [0.2, 0.25) is 0 Å².